The van der Waals surface area contributed by atoms with Crippen molar-refractivity contribution < 1.29 is 5.11 Å². The first-order valence-electron chi connectivity index (χ1n) is 10.6. The Kier molecular flexibility index (Phi) is 3.70. The third-order valence-corrected chi connectivity index (χ3v) is 6.78. The molecule has 0 atom stereocenters. The zero-order valence-corrected chi connectivity index (χ0v) is 16.7. The number of hydrogen-bond donors (Lipinski definition) is 2. The molecular weight excluding hydrogens is 372 g/mol. The Morgan fingerprint density at radius 2 is 1.70 bits per heavy atom. The third kappa shape index (κ3) is 2.77. The van der Waals surface area contributed by atoms with Crippen molar-refractivity contribution in [3.8, 4) is 22.4 Å². The van der Waals surface area contributed by atoms with E-state index >= 15 is 0 Å². The van der Waals surface area contributed by atoms with E-state index in [1.165, 1.54) is 0 Å². The van der Waals surface area contributed by atoms with Gasteiger partial charge in [0.05, 0.1) is 11.3 Å². The van der Waals surface area contributed by atoms with Gasteiger partial charge in [-0.05, 0) is 42.7 Å². The summed E-state index contributed by atoms with van der Waals surface area (Å²) in [6, 6.07) is 18.6. The van der Waals surface area contributed by atoms with Crippen molar-refractivity contribution in [3.05, 3.63) is 78.8 Å². The van der Waals surface area contributed by atoms with E-state index in [-0.39, 0.29) is 0 Å². The molecule has 150 valence electrons. The average Bonchev–Trinajstić information content (AvgIpc) is 3.51. The second-order valence-electron chi connectivity index (χ2n) is 8.97. The molecule has 0 radical (unpaired) electrons. The fraction of sp³-hybridized carbons (Fsp3) is 0.280. The van der Waals surface area contributed by atoms with Crippen molar-refractivity contribution in [2.75, 3.05) is 0 Å². The summed E-state index contributed by atoms with van der Waals surface area (Å²) in [5.74, 6) is 1.13. The Labute approximate surface area is 175 Å². The van der Waals surface area contributed by atoms with E-state index in [0.29, 0.717) is 24.5 Å². The minimum atomic E-state index is -0.554. The van der Waals surface area contributed by atoms with Gasteiger partial charge in [-0.1, -0.05) is 54.6 Å². The molecule has 2 heterocycles. The zero-order valence-electron chi connectivity index (χ0n) is 16.7. The quantitative estimate of drug-likeness (QED) is 0.543. The molecule has 0 bridgehead atoms. The van der Waals surface area contributed by atoms with E-state index in [1.807, 2.05) is 28.8 Å². The Hall–Kier alpha value is -3.02. The van der Waals surface area contributed by atoms with Gasteiger partial charge in [0.15, 0.2) is 0 Å². The van der Waals surface area contributed by atoms with Crippen LogP contribution in [-0.2, 0) is 5.54 Å². The van der Waals surface area contributed by atoms with Crippen molar-refractivity contribution >= 4 is 5.78 Å². The zero-order chi connectivity index (χ0) is 20.3. The molecule has 5 nitrogen and oxygen atoms in total. The molecule has 2 aromatic heterocycles. The molecule has 0 unspecified atom stereocenters. The molecule has 4 aromatic rings. The first-order valence-corrected chi connectivity index (χ1v) is 10.6. The van der Waals surface area contributed by atoms with Gasteiger partial charge in [-0.15, -0.1) is 0 Å². The van der Waals surface area contributed by atoms with Crippen LogP contribution in [0.5, 0.6) is 0 Å². The molecule has 0 amide bonds. The van der Waals surface area contributed by atoms with E-state index in [0.717, 1.165) is 40.8 Å². The van der Waals surface area contributed by atoms with Crippen LogP contribution in [0.1, 0.15) is 31.2 Å². The van der Waals surface area contributed by atoms with Crippen molar-refractivity contribution in [1.82, 2.24) is 14.4 Å². The molecule has 2 saturated carbocycles. The van der Waals surface area contributed by atoms with Crippen molar-refractivity contribution in [2.45, 2.75) is 36.8 Å². The summed E-state index contributed by atoms with van der Waals surface area (Å²) in [5, 5.41) is 10.7. The fourth-order valence-corrected chi connectivity index (χ4v) is 5.02. The predicted octanol–water partition coefficient (Wildman–Crippen LogP) is 4.15. The van der Waals surface area contributed by atoms with Gasteiger partial charge in [-0.25, -0.2) is 9.97 Å². The van der Waals surface area contributed by atoms with Crippen LogP contribution in [0.4, 0.5) is 0 Å². The molecule has 2 aliphatic rings. The van der Waals surface area contributed by atoms with Gasteiger partial charge in [-0.2, -0.15) is 0 Å². The molecule has 0 aliphatic heterocycles. The van der Waals surface area contributed by atoms with Gasteiger partial charge in [-0.3, -0.25) is 4.40 Å². The van der Waals surface area contributed by atoms with Crippen molar-refractivity contribution in [1.29, 1.82) is 0 Å². The van der Waals surface area contributed by atoms with Gasteiger partial charge in [0.2, 0.25) is 5.78 Å². The van der Waals surface area contributed by atoms with Crippen LogP contribution in [0.25, 0.3) is 28.2 Å². The number of benzene rings is 2. The van der Waals surface area contributed by atoms with Crippen LogP contribution in [0, 0.1) is 5.92 Å². The Balaban J connectivity index is 1.38. The van der Waals surface area contributed by atoms with Crippen LogP contribution in [0.15, 0.2) is 73.2 Å². The summed E-state index contributed by atoms with van der Waals surface area (Å²) in [7, 11) is 0. The van der Waals surface area contributed by atoms with Crippen LogP contribution < -0.4 is 5.73 Å². The molecule has 3 N–H and O–H groups in total. The van der Waals surface area contributed by atoms with E-state index in [9.17, 15) is 5.11 Å². The van der Waals surface area contributed by atoms with Gasteiger partial charge >= 0.3 is 0 Å². The fourth-order valence-electron chi connectivity index (χ4n) is 5.02. The van der Waals surface area contributed by atoms with Gasteiger partial charge < -0.3 is 10.8 Å². The Morgan fingerprint density at radius 1 is 0.967 bits per heavy atom. The second-order valence-corrected chi connectivity index (χ2v) is 8.97. The van der Waals surface area contributed by atoms with E-state index in [1.54, 1.807) is 6.20 Å². The molecule has 2 fully saturated rings. The summed E-state index contributed by atoms with van der Waals surface area (Å²) in [6.45, 7) is 0. The SMILES string of the molecule is N[C@]1(c2ccc(-c3nc4nccn4cc3-c3ccccc3)cc2)C[C@](O)(C2CC2)C1. The maximum absolute atomic E-state index is 10.7. The van der Waals surface area contributed by atoms with Crippen LogP contribution >= 0.6 is 0 Å². The smallest absolute Gasteiger partial charge is 0.234 e. The number of fused-ring (bicyclic) bond motifs is 1. The van der Waals surface area contributed by atoms with Gasteiger partial charge in [0.25, 0.3) is 0 Å². The maximum Gasteiger partial charge on any atom is 0.234 e. The Morgan fingerprint density at radius 3 is 2.40 bits per heavy atom. The molecule has 5 heteroatoms. The minimum Gasteiger partial charge on any atom is -0.389 e. The molecule has 2 aliphatic carbocycles. The van der Waals surface area contributed by atoms with E-state index in [4.69, 9.17) is 10.7 Å². The second kappa shape index (κ2) is 6.24. The lowest BCUT2D eigenvalue weighted by molar-refractivity contribution is -0.106. The lowest BCUT2D eigenvalue weighted by Gasteiger charge is -2.52. The summed E-state index contributed by atoms with van der Waals surface area (Å²) >= 11 is 0. The highest BCUT2D eigenvalue weighted by Gasteiger charge is 2.58. The summed E-state index contributed by atoms with van der Waals surface area (Å²) in [4.78, 5) is 9.20. The van der Waals surface area contributed by atoms with Gasteiger partial charge in [0, 0.05) is 35.3 Å². The largest absolute Gasteiger partial charge is 0.389 e. The highest BCUT2D eigenvalue weighted by atomic mass is 16.3. The Bertz CT molecular complexity index is 1220. The number of rotatable bonds is 4. The number of imidazole rings is 1. The van der Waals surface area contributed by atoms with E-state index < -0.39 is 11.1 Å². The summed E-state index contributed by atoms with van der Waals surface area (Å²) in [5.41, 5.74) is 10.9. The average molecular weight is 396 g/mol. The van der Waals surface area contributed by atoms with E-state index in [2.05, 4.69) is 47.6 Å². The molecule has 2 aromatic carbocycles. The number of aromatic nitrogens is 3. The lowest BCUT2D eigenvalue weighted by Crippen LogP contribution is -2.60. The van der Waals surface area contributed by atoms with Crippen LogP contribution in [0.3, 0.4) is 0 Å². The monoisotopic (exact) mass is 396 g/mol. The summed E-state index contributed by atoms with van der Waals surface area (Å²) in [6.07, 6.45) is 9.33. The number of nitrogens with two attached hydrogens (primary N) is 1. The third-order valence-electron chi connectivity index (χ3n) is 6.78. The minimum absolute atomic E-state index is 0.432. The highest BCUT2D eigenvalue weighted by Crippen LogP contribution is 2.57. The molecule has 6 rings (SSSR count). The molecule has 30 heavy (non-hydrogen) atoms. The maximum atomic E-state index is 10.7. The number of aliphatic hydroxyl groups is 1. The summed E-state index contributed by atoms with van der Waals surface area (Å²) < 4.78 is 1.95. The molecule has 0 saturated heterocycles. The normalized spacial score (nSPS) is 25.9. The topological polar surface area (TPSA) is 76.4 Å². The number of nitrogens with zero attached hydrogens (tertiary/aromatic N) is 3. The van der Waals surface area contributed by atoms with Crippen LogP contribution in [-0.4, -0.2) is 25.1 Å². The van der Waals surface area contributed by atoms with Crippen molar-refractivity contribution in [2.24, 2.45) is 11.7 Å². The van der Waals surface area contributed by atoms with Crippen molar-refractivity contribution in [3.63, 3.8) is 0 Å². The van der Waals surface area contributed by atoms with Gasteiger partial charge in [0.1, 0.15) is 0 Å². The first kappa shape index (κ1) is 17.8. The highest BCUT2D eigenvalue weighted by molar-refractivity contribution is 5.81. The molecule has 0 spiro atoms. The standard InChI is InChI=1S/C25H24N4O/c26-24(15-25(30,16-24)20-10-11-20)19-8-6-18(7-9-19)22-21(17-4-2-1-3-5-17)14-29-13-12-27-23(29)28-22/h1-9,12-14,20,30H,10-11,15-16,26H2/t24-,25-. The first-order chi connectivity index (χ1) is 14.5. The molecular formula is C25H24N4O. The predicted molar refractivity (Wildman–Crippen MR) is 117 cm³/mol. The van der Waals surface area contributed by atoms with Crippen LogP contribution in [0.2, 0.25) is 0 Å². The lowest BCUT2D eigenvalue weighted by atomic mass is 9.60. The number of hydrogen-bond acceptors (Lipinski definition) is 4.